The van der Waals surface area contributed by atoms with E-state index in [4.69, 9.17) is 0 Å². The summed E-state index contributed by atoms with van der Waals surface area (Å²) in [4.78, 5) is 1.04. The molecule has 0 saturated carbocycles. The Kier molecular flexibility index (Phi) is 2.06. The fourth-order valence-electron chi connectivity index (χ4n) is 2.22. The van der Waals surface area contributed by atoms with Crippen LogP contribution < -0.4 is 10.4 Å². The number of hydrogen-bond donors (Lipinski definition) is 1. The number of thiol groups is 1. The second-order valence-corrected chi connectivity index (χ2v) is 4.48. The summed E-state index contributed by atoms with van der Waals surface area (Å²) in [5.74, 6) is 0. The molecule has 74 valence electrons. The molecular weight excluding hydrogens is 200 g/mol. The third kappa shape index (κ3) is 1.47. The van der Waals surface area contributed by atoms with Gasteiger partial charge in [-0.1, -0.05) is 30.4 Å². The zero-order chi connectivity index (χ0) is 10.3. The second kappa shape index (κ2) is 3.42. The van der Waals surface area contributed by atoms with Crippen LogP contribution in [0.1, 0.15) is 12.8 Å². The van der Waals surface area contributed by atoms with Gasteiger partial charge in [0.05, 0.1) is 0 Å². The van der Waals surface area contributed by atoms with E-state index < -0.39 is 0 Å². The SMILES string of the molecule is Sc1ccc2ccc3c(c2c1)=CCCC=3. The lowest BCUT2D eigenvalue weighted by Gasteiger charge is -2.05. The zero-order valence-corrected chi connectivity index (χ0v) is 9.30. The largest absolute Gasteiger partial charge is 0.143 e. The predicted octanol–water partition coefficient (Wildman–Crippen LogP) is 2.48. The number of benzene rings is 2. The zero-order valence-electron chi connectivity index (χ0n) is 8.40. The molecule has 0 nitrogen and oxygen atoms in total. The summed E-state index contributed by atoms with van der Waals surface area (Å²) in [6.07, 6.45) is 6.98. The number of rotatable bonds is 0. The van der Waals surface area contributed by atoms with Crippen LogP contribution in [0.15, 0.2) is 35.2 Å². The first-order valence-corrected chi connectivity index (χ1v) is 5.71. The molecule has 0 aliphatic heterocycles. The molecule has 1 aliphatic rings. The summed E-state index contributed by atoms with van der Waals surface area (Å²) < 4.78 is 0. The Hall–Kier alpha value is -1.21. The highest BCUT2D eigenvalue weighted by Crippen LogP contribution is 2.14. The summed E-state index contributed by atoms with van der Waals surface area (Å²) in [5, 5.41) is 5.39. The van der Waals surface area contributed by atoms with Crippen LogP contribution in [-0.4, -0.2) is 0 Å². The Balaban J connectivity index is 2.56. The van der Waals surface area contributed by atoms with Gasteiger partial charge in [-0.3, -0.25) is 0 Å². The van der Waals surface area contributed by atoms with Crippen molar-refractivity contribution in [1.82, 2.24) is 0 Å². The maximum Gasteiger partial charge on any atom is 0.00465 e. The van der Waals surface area contributed by atoms with Crippen LogP contribution in [0.5, 0.6) is 0 Å². The minimum atomic E-state index is 1.04. The molecule has 0 heterocycles. The van der Waals surface area contributed by atoms with Crippen LogP contribution in [0.25, 0.3) is 22.9 Å². The molecule has 3 rings (SSSR count). The van der Waals surface area contributed by atoms with E-state index in [0.717, 1.165) is 11.3 Å². The van der Waals surface area contributed by atoms with Crippen LogP contribution in [0.3, 0.4) is 0 Å². The van der Waals surface area contributed by atoms with Crippen LogP contribution in [0.4, 0.5) is 0 Å². The minimum Gasteiger partial charge on any atom is -0.143 e. The van der Waals surface area contributed by atoms with Gasteiger partial charge in [0, 0.05) is 4.90 Å². The first-order valence-electron chi connectivity index (χ1n) is 5.27. The van der Waals surface area contributed by atoms with Crippen molar-refractivity contribution in [2.45, 2.75) is 17.7 Å². The summed E-state index contributed by atoms with van der Waals surface area (Å²) in [7, 11) is 0. The van der Waals surface area contributed by atoms with E-state index in [1.807, 2.05) is 6.07 Å². The Morgan fingerprint density at radius 1 is 0.933 bits per heavy atom. The molecule has 0 aromatic heterocycles. The average Bonchev–Trinajstić information content (AvgIpc) is 2.29. The highest BCUT2D eigenvalue weighted by atomic mass is 32.1. The standard InChI is InChI=1S/C14H12S/c15-12-8-7-11-6-5-10-3-1-2-4-13(10)14(11)9-12/h3-9,15H,1-2H2. The summed E-state index contributed by atoms with van der Waals surface area (Å²) in [6, 6.07) is 10.8. The van der Waals surface area contributed by atoms with Gasteiger partial charge in [-0.15, -0.1) is 12.6 Å². The molecule has 0 N–H and O–H groups in total. The maximum absolute atomic E-state index is 4.40. The molecule has 1 heteroatoms. The van der Waals surface area contributed by atoms with E-state index in [9.17, 15) is 0 Å². The molecule has 0 amide bonds. The molecule has 0 saturated heterocycles. The first kappa shape index (κ1) is 9.05. The fraction of sp³-hybridized carbons (Fsp3) is 0.143. The average molecular weight is 212 g/mol. The van der Waals surface area contributed by atoms with Gasteiger partial charge in [-0.25, -0.2) is 0 Å². The van der Waals surface area contributed by atoms with Gasteiger partial charge in [0.25, 0.3) is 0 Å². The lowest BCUT2D eigenvalue weighted by atomic mass is 10.0. The lowest BCUT2D eigenvalue weighted by Crippen LogP contribution is -2.26. The van der Waals surface area contributed by atoms with E-state index in [0.29, 0.717) is 0 Å². The Bertz CT molecular complexity index is 638. The van der Waals surface area contributed by atoms with Crippen LogP contribution in [0.2, 0.25) is 0 Å². The van der Waals surface area contributed by atoms with E-state index in [2.05, 4.69) is 49.0 Å². The van der Waals surface area contributed by atoms with Crippen molar-refractivity contribution in [2.75, 3.05) is 0 Å². The summed E-state index contributed by atoms with van der Waals surface area (Å²) in [6.45, 7) is 0. The van der Waals surface area contributed by atoms with Gasteiger partial charge in [-0.05, 0) is 46.2 Å². The van der Waals surface area contributed by atoms with Gasteiger partial charge in [-0.2, -0.15) is 0 Å². The first-order chi connectivity index (χ1) is 7.34. The molecule has 0 unspecified atom stereocenters. The maximum atomic E-state index is 4.40. The molecule has 0 radical (unpaired) electrons. The minimum absolute atomic E-state index is 1.04. The molecule has 0 atom stereocenters. The van der Waals surface area contributed by atoms with Crippen molar-refractivity contribution in [3.8, 4) is 0 Å². The molecular formula is C14H12S. The third-order valence-electron chi connectivity index (χ3n) is 2.96. The summed E-state index contributed by atoms with van der Waals surface area (Å²) >= 11 is 4.40. The Labute approximate surface area is 94.3 Å². The highest BCUT2D eigenvalue weighted by molar-refractivity contribution is 7.80. The summed E-state index contributed by atoms with van der Waals surface area (Å²) in [5.41, 5.74) is 0. The lowest BCUT2D eigenvalue weighted by molar-refractivity contribution is 1.12. The second-order valence-electron chi connectivity index (χ2n) is 3.96. The number of hydrogen-bond acceptors (Lipinski definition) is 1. The smallest absolute Gasteiger partial charge is 0.00465 e. The molecule has 0 fully saturated rings. The quantitative estimate of drug-likeness (QED) is 0.637. The van der Waals surface area contributed by atoms with Gasteiger partial charge in [0.1, 0.15) is 0 Å². The highest BCUT2D eigenvalue weighted by Gasteiger charge is 1.99. The molecule has 0 bridgehead atoms. The van der Waals surface area contributed by atoms with Gasteiger partial charge >= 0.3 is 0 Å². The Morgan fingerprint density at radius 3 is 2.67 bits per heavy atom. The van der Waals surface area contributed by atoms with Crippen molar-refractivity contribution < 1.29 is 0 Å². The van der Waals surface area contributed by atoms with Gasteiger partial charge < -0.3 is 0 Å². The van der Waals surface area contributed by atoms with Crippen LogP contribution in [-0.2, 0) is 0 Å². The predicted molar refractivity (Wildman–Crippen MR) is 68.6 cm³/mol. The molecule has 15 heavy (non-hydrogen) atoms. The van der Waals surface area contributed by atoms with Gasteiger partial charge in [0.2, 0.25) is 0 Å². The van der Waals surface area contributed by atoms with Crippen molar-refractivity contribution in [3.63, 3.8) is 0 Å². The number of fused-ring (bicyclic) bond motifs is 3. The topological polar surface area (TPSA) is 0 Å². The van der Waals surface area contributed by atoms with Gasteiger partial charge in [0.15, 0.2) is 0 Å². The third-order valence-corrected chi connectivity index (χ3v) is 3.24. The van der Waals surface area contributed by atoms with E-state index in [1.54, 1.807) is 0 Å². The van der Waals surface area contributed by atoms with Crippen molar-refractivity contribution in [2.24, 2.45) is 0 Å². The van der Waals surface area contributed by atoms with E-state index in [-0.39, 0.29) is 0 Å². The van der Waals surface area contributed by atoms with Crippen molar-refractivity contribution in [3.05, 3.63) is 40.8 Å². The van der Waals surface area contributed by atoms with Crippen molar-refractivity contribution >= 4 is 35.6 Å². The van der Waals surface area contributed by atoms with Crippen LogP contribution >= 0.6 is 12.6 Å². The van der Waals surface area contributed by atoms with E-state index >= 15 is 0 Å². The molecule has 2 aromatic rings. The Morgan fingerprint density at radius 2 is 1.73 bits per heavy atom. The monoisotopic (exact) mass is 212 g/mol. The van der Waals surface area contributed by atoms with Crippen molar-refractivity contribution in [1.29, 1.82) is 0 Å². The molecule has 2 aromatic carbocycles. The fourth-order valence-corrected chi connectivity index (χ4v) is 2.42. The molecule has 0 spiro atoms. The molecule has 1 aliphatic carbocycles. The van der Waals surface area contributed by atoms with E-state index in [1.165, 1.54) is 27.6 Å². The van der Waals surface area contributed by atoms with Crippen LogP contribution in [0, 0.1) is 0 Å². The normalized spacial score (nSPS) is 14.2.